The lowest BCUT2D eigenvalue weighted by Gasteiger charge is -2.30. The summed E-state index contributed by atoms with van der Waals surface area (Å²) in [7, 11) is 2.21. The first-order valence-electron chi connectivity index (χ1n) is 7.34. The lowest BCUT2D eigenvalue weighted by atomic mass is 10.1. The van der Waals surface area contributed by atoms with Gasteiger partial charge in [0.1, 0.15) is 0 Å². The first-order valence-corrected chi connectivity index (χ1v) is 8.16. The Bertz CT molecular complexity index is 375. The van der Waals surface area contributed by atoms with E-state index in [9.17, 15) is 0 Å². The van der Waals surface area contributed by atoms with Crippen LogP contribution in [0.3, 0.4) is 0 Å². The van der Waals surface area contributed by atoms with Crippen molar-refractivity contribution in [3.63, 3.8) is 0 Å². The summed E-state index contributed by atoms with van der Waals surface area (Å²) in [4.78, 5) is 10.6. The highest BCUT2D eigenvalue weighted by atomic mass is 32.1. The topological polar surface area (TPSA) is 31.4 Å². The molecule has 0 aliphatic carbocycles. The van der Waals surface area contributed by atoms with Gasteiger partial charge in [0.2, 0.25) is 0 Å². The zero-order chi connectivity index (χ0) is 13.7. The number of nitrogens with zero attached hydrogens (tertiary/aromatic N) is 3. The molecule has 2 heterocycles. The zero-order valence-electron chi connectivity index (χ0n) is 12.4. The predicted octanol–water partition coefficient (Wildman–Crippen LogP) is 2.17. The van der Waals surface area contributed by atoms with Gasteiger partial charge in [-0.1, -0.05) is 0 Å². The maximum absolute atomic E-state index is 4.53. The second kappa shape index (κ2) is 7.22. The highest BCUT2D eigenvalue weighted by molar-refractivity contribution is 7.15. The summed E-state index contributed by atoms with van der Waals surface area (Å²) >= 11 is 1.82. The van der Waals surface area contributed by atoms with E-state index in [-0.39, 0.29) is 0 Å². The normalized spacial score (nSPS) is 20.7. The van der Waals surface area contributed by atoms with Crippen LogP contribution in [0.1, 0.15) is 31.6 Å². The summed E-state index contributed by atoms with van der Waals surface area (Å²) in [5.41, 5.74) is 0. The molecule has 1 atom stereocenters. The Morgan fingerprint density at radius 1 is 1.47 bits per heavy atom. The molecule has 0 saturated carbocycles. The molecule has 0 amide bonds. The second-order valence-corrected chi connectivity index (χ2v) is 6.36. The van der Waals surface area contributed by atoms with Gasteiger partial charge in [-0.2, -0.15) is 0 Å². The summed E-state index contributed by atoms with van der Waals surface area (Å²) in [6, 6.07) is 0.637. The summed E-state index contributed by atoms with van der Waals surface area (Å²) in [5.74, 6) is 0. The molecule has 19 heavy (non-hydrogen) atoms. The van der Waals surface area contributed by atoms with Gasteiger partial charge in [0, 0.05) is 43.3 Å². The molecule has 1 aromatic heterocycles. The number of likely N-dealkylation sites (N-methyl/N-ethyl adjacent to an activating group) is 1. The van der Waals surface area contributed by atoms with Gasteiger partial charge in [-0.05, 0) is 40.3 Å². The van der Waals surface area contributed by atoms with Crippen molar-refractivity contribution in [3.05, 3.63) is 11.1 Å². The molecule has 0 aromatic carbocycles. The fraction of sp³-hybridized carbons (Fsp3) is 0.786. The van der Waals surface area contributed by atoms with Crippen LogP contribution < -0.4 is 10.2 Å². The van der Waals surface area contributed by atoms with Crippen molar-refractivity contribution in [3.8, 4) is 0 Å². The predicted molar refractivity (Wildman–Crippen MR) is 83.0 cm³/mol. The molecule has 108 valence electrons. The first kappa shape index (κ1) is 14.8. The summed E-state index contributed by atoms with van der Waals surface area (Å²) in [5, 5.41) is 4.82. The van der Waals surface area contributed by atoms with E-state index < -0.39 is 0 Å². The highest BCUT2D eigenvalue weighted by Gasteiger charge is 2.16. The van der Waals surface area contributed by atoms with Crippen LogP contribution in [0, 0.1) is 0 Å². The lowest BCUT2D eigenvalue weighted by Crippen LogP contribution is -2.43. The molecule has 1 fully saturated rings. The number of hydrogen-bond donors (Lipinski definition) is 1. The quantitative estimate of drug-likeness (QED) is 0.866. The molecular formula is C14H26N4S. The molecule has 1 saturated heterocycles. The minimum Gasteiger partial charge on any atom is -0.349 e. The summed E-state index contributed by atoms with van der Waals surface area (Å²) in [6.07, 6.45) is 4.63. The van der Waals surface area contributed by atoms with Crippen LogP contribution in [0.25, 0.3) is 0 Å². The average Bonchev–Trinajstić information content (AvgIpc) is 2.87. The Hall–Kier alpha value is -0.650. The Labute approximate surface area is 120 Å². The average molecular weight is 282 g/mol. The number of thiazole rings is 1. The Morgan fingerprint density at radius 2 is 2.26 bits per heavy atom. The number of aromatic nitrogens is 1. The lowest BCUT2D eigenvalue weighted by molar-refractivity contribution is 0.227. The van der Waals surface area contributed by atoms with Gasteiger partial charge >= 0.3 is 0 Å². The van der Waals surface area contributed by atoms with E-state index in [1.807, 2.05) is 17.5 Å². The van der Waals surface area contributed by atoms with Gasteiger partial charge in [-0.3, -0.25) is 0 Å². The van der Waals surface area contributed by atoms with E-state index in [2.05, 4.69) is 41.0 Å². The monoisotopic (exact) mass is 282 g/mol. The highest BCUT2D eigenvalue weighted by Crippen LogP contribution is 2.22. The van der Waals surface area contributed by atoms with Crippen molar-refractivity contribution >= 4 is 16.5 Å². The SMILES string of the molecule is CCN(CC)c1ncc(CNC2CCCN(C)C2)s1. The molecule has 5 heteroatoms. The summed E-state index contributed by atoms with van der Waals surface area (Å²) in [6.45, 7) is 9.79. The standard InChI is InChI=1S/C14H26N4S/c1-4-18(5-2)14-16-10-13(19-14)9-15-12-7-6-8-17(3)11-12/h10,12,15H,4-9,11H2,1-3H3. The van der Waals surface area contributed by atoms with E-state index in [0.717, 1.165) is 24.8 Å². The van der Waals surface area contributed by atoms with Crippen molar-refractivity contribution in [1.29, 1.82) is 0 Å². The largest absolute Gasteiger partial charge is 0.349 e. The van der Waals surface area contributed by atoms with Gasteiger partial charge < -0.3 is 15.1 Å². The number of piperidine rings is 1. The fourth-order valence-electron chi connectivity index (χ4n) is 2.60. The molecule has 0 spiro atoms. The maximum atomic E-state index is 4.53. The van der Waals surface area contributed by atoms with Crippen LogP contribution in [0.2, 0.25) is 0 Å². The molecule has 1 aliphatic rings. The van der Waals surface area contributed by atoms with Gasteiger partial charge in [-0.15, -0.1) is 11.3 Å². The summed E-state index contributed by atoms with van der Waals surface area (Å²) < 4.78 is 0. The molecule has 1 unspecified atom stereocenters. The third-order valence-electron chi connectivity index (χ3n) is 3.76. The van der Waals surface area contributed by atoms with Crippen LogP contribution >= 0.6 is 11.3 Å². The van der Waals surface area contributed by atoms with Crippen molar-refractivity contribution in [1.82, 2.24) is 15.2 Å². The second-order valence-electron chi connectivity index (χ2n) is 5.26. The van der Waals surface area contributed by atoms with Gasteiger partial charge in [0.25, 0.3) is 0 Å². The van der Waals surface area contributed by atoms with Crippen molar-refractivity contribution < 1.29 is 0 Å². The van der Waals surface area contributed by atoms with E-state index in [0.29, 0.717) is 6.04 Å². The van der Waals surface area contributed by atoms with Gasteiger partial charge in [0.05, 0.1) is 0 Å². The van der Waals surface area contributed by atoms with Crippen LogP contribution in [-0.2, 0) is 6.54 Å². The van der Waals surface area contributed by atoms with Gasteiger partial charge in [-0.25, -0.2) is 4.98 Å². The number of nitrogens with one attached hydrogen (secondary N) is 1. The van der Waals surface area contributed by atoms with Crippen LogP contribution in [0.15, 0.2) is 6.20 Å². The molecule has 0 radical (unpaired) electrons. The smallest absolute Gasteiger partial charge is 0.185 e. The first-order chi connectivity index (χ1) is 9.22. The zero-order valence-corrected chi connectivity index (χ0v) is 13.2. The Balaban J connectivity index is 1.83. The molecular weight excluding hydrogens is 256 g/mol. The van der Waals surface area contributed by atoms with E-state index >= 15 is 0 Å². The minimum absolute atomic E-state index is 0.637. The molecule has 1 N–H and O–H groups in total. The molecule has 4 nitrogen and oxygen atoms in total. The third-order valence-corrected chi connectivity index (χ3v) is 4.82. The maximum Gasteiger partial charge on any atom is 0.185 e. The van der Waals surface area contributed by atoms with E-state index in [4.69, 9.17) is 0 Å². The molecule has 1 aliphatic heterocycles. The van der Waals surface area contributed by atoms with Crippen molar-refractivity contribution in [2.24, 2.45) is 0 Å². The molecule has 2 rings (SSSR count). The Morgan fingerprint density at radius 3 is 2.95 bits per heavy atom. The van der Waals surface area contributed by atoms with Gasteiger partial charge in [0.15, 0.2) is 5.13 Å². The third kappa shape index (κ3) is 4.16. The number of likely N-dealkylation sites (tertiary alicyclic amines) is 1. The van der Waals surface area contributed by atoms with Crippen LogP contribution in [0.4, 0.5) is 5.13 Å². The number of hydrogen-bond acceptors (Lipinski definition) is 5. The van der Waals surface area contributed by atoms with Crippen LogP contribution in [0.5, 0.6) is 0 Å². The fourth-order valence-corrected chi connectivity index (χ4v) is 3.59. The van der Waals surface area contributed by atoms with Crippen molar-refractivity contribution in [2.75, 3.05) is 38.1 Å². The molecule has 0 bridgehead atoms. The van der Waals surface area contributed by atoms with E-state index in [1.54, 1.807) is 0 Å². The van der Waals surface area contributed by atoms with Crippen LogP contribution in [-0.4, -0.2) is 49.2 Å². The molecule has 1 aromatic rings. The number of anilines is 1. The van der Waals surface area contributed by atoms with Crippen molar-refractivity contribution in [2.45, 2.75) is 39.3 Å². The minimum atomic E-state index is 0.637. The number of rotatable bonds is 6. The van der Waals surface area contributed by atoms with E-state index in [1.165, 1.54) is 30.8 Å². The Kier molecular flexibility index (Phi) is 5.60.